The summed E-state index contributed by atoms with van der Waals surface area (Å²) in [5, 5.41) is -0.417. The summed E-state index contributed by atoms with van der Waals surface area (Å²) in [7, 11) is 3.28. The molecule has 0 heterocycles. The number of halogens is 1. The van der Waals surface area contributed by atoms with Gasteiger partial charge in [0, 0.05) is 18.6 Å². The van der Waals surface area contributed by atoms with Crippen LogP contribution in [0.1, 0.15) is 18.4 Å². The third-order valence-electron chi connectivity index (χ3n) is 3.56. The van der Waals surface area contributed by atoms with E-state index in [0.29, 0.717) is 13.0 Å². The lowest BCUT2D eigenvalue weighted by Crippen LogP contribution is -2.30. The van der Waals surface area contributed by atoms with Crippen LogP contribution in [0.4, 0.5) is 0 Å². The van der Waals surface area contributed by atoms with Crippen molar-refractivity contribution >= 4 is 23.5 Å². The van der Waals surface area contributed by atoms with Crippen molar-refractivity contribution in [3.05, 3.63) is 35.4 Å². The van der Waals surface area contributed by atoms with Crippen LogP contribution in [0.25, 0.3) is 6.08 Å². The third-order valence-corrected chi connectivity index (χ3v) is 3.98. The van der Waals surface area contributed by atoms with E-state index in [9.17, 15) is 4.79 Å². The van der Waals surface area contributed by atoms with E-state index in [1.807, 2.05) is 30.3 Å². The molecule has 0 spiro atoms. The maximum atomic E-state index is 12.3. The Morgan fingerprint density at radius 3 is 2.85 bits per heavy atom. The molecular formula is C16H19ClO3. The number of carbonyl (C=O) groups excluding carboxylic acids is 1. The minimum absolute atomic E-state index is 0.0165. The fourth-order valence-corrected chi connectivity index (χ4v) is 2.74. The van der Waals surface area contributed by atoms with E-state index in [-0.39, 0.29) is 11.7 Å². The van der Waals surface area contributed by atoms with Crippen LogP contribution in [0, 0.1) is 5.92 Å². The molecule has 4 heteroatoms. The van der Waals surface area contributed by atoms with Gasteiger partial charge in [-0.2, -0.15) is 0 Å². The van der Waals surface area contributed by atoms with Crippen molar-refractivity contribution < 1.29 is 14.3 Å². The molecule has 2 atom stereocenters. The van der Waals surface area contributed by atoms with Gasteiger partial charge in [-0.25, -0.2) is 0 Å². The number of ketones is 1. The number of hydrogen-bond acceptors (Lipinski definition) is 3. The Bertz CT molecular complexity index is 510. The highest BCUT2D eigenvalue weighted by molar-refractivity contribution is 6.34. The van der Waals surface area contributed by atoms with E-state index in [1.165, 1.54) is 0 Å². The monoisotopic (exact) mass is 294 g/mol. The first kappa shape index (κ1) is 15.1. The smallest absolute Gasteiger partial charge is 0.177 e. The van der Waals surface area contributed by atoms with Crippen molar-refractivity contribution in [2.45, 2.75) is 18.2 Å². The van der Waals surface area contributed by atoms with Gasteiger partial charge in [0.25, 0.3) is 0 Å². The molecule has 1 aromatic carbocycles. The molecule has 2 rings (SSSR count). The topological polar surface area (TPSA) is 35.5 Å². The fraction of sp³-hybridized carbons (Fsp3) is 0.438. The molecule has 3 nitrogen and oxygen atoms in total. The average molecular weight is 295 g/mol. The molecule has 1 fully saturated rings. The summed E-state index contributed by atoms with van der Waals surface area (Å²) in [6.07, 6.45) is 3.50. The standard InChI is InChI=1S/C16H19ClO3/c1-19-10-12-6-7-15(17)16(18)14(12)9-11-4-3-5-13(8-11)20-2/h3-5,8-9,12,15H,6-7,10H2,1-2H3. The SMILES string of the molecule is COCC1CCC(Cl)C(=O)C1=Cc1cccc(OC)c1. The average Bonchev–Trinajstić information content (AvgIpc) is 2.47. The summed E-state index contributed by atoms with van der Waals surface area (Å²) in [5.74, 6) is 0.907. The Morgan fingerprint density at radius 1 is 1.35 bits per heavy atom. The number of carbonyl (C=O) groups is 1. The van der Waals surface area contributed by atoms with E-state index in [2.05, 4.69) is 0 Å². The Balaban J connectivity index is 2.32. The van der Waals surface area contributed by atoms with E-state index >= 15 is 0 Å². The number of Topliss-reactive ketones (excluding diaryl/α,β-unsaturated/α-hetero) is 1. The summed E-state index contributed by atoms with van der Waals surface area (Å²) < 4.78 is 10.4. The van der Waals surface area contributed by atoms with E-state index in [4.69, 9.17) is 21.1 Å². The molecular weight excluding hydrogens is 276 g/mol. The predicted molar refractivity (Wildman–Crippen MR) is 80.2 cm³/mol. The van der Waals surface area contributed by atoms with Gasteiger partial charge in [-0.05, 0) is 36.6 Å². The second-order valence-corrected chi connectivity index (χ2v) is 5.46. The zero-order chi connectivity index (χ0) is 14.5. The van der Waals surface area contributed by atoms with Crippen molar-refractivity contribution in [3.63, 3.8) is 0 Å². The van der Waals surface area contributed by atoms with Crippen LogP contribution in [-0.2, 0) is 9.53 Å². The van der Waals surface area contributed by atoms with Crippen LogP contribution in [0.2, 0.25) is 0 Å². The van der Waals surface area contributed by atoms with Gasteiger partial charge in [0.2, 0.25) is 0 Å². The second-order valence-electron chi connectivity index (χ2n) is 4.94. The van der Waals surface area contributed by atoms with E-state index in [1.54, 1.807) is 14.2 Å². The van der Waals surface area contributed by atoms with Crippen LogP contribution >= 0.6 is 11.6 Å². The van der Waals surface area contributed by atoms with Crippen molar-refractivity contribution in [3.8, 4) is 5.75 Å². The van der Waals surface area contributed by atoms with E-state index in [0.717, 1.165) is 23.3 Å². The number of rotatable bonds is 4. The van der Waals surface area contributed by atoms with Gasteiger partial charge in [-0.3, -0.25) is 4.79 Å². The van der Waals surface area contributed by atoms with Crippen LogP contribution in [-0.4, -0.2) is 32.0 Å². The molecule has 0 saturated heterocycles. The Kier molecular flexibility index (Phi) is 5.21. The lowest BCUT2D eigenvalue weighted by Gasteiger charge is -2.26. The maximum Gasteiger partial charge on any atom is 0.177 e. The summed E-state index contributed by atoms with van der Waals surface area (Å²) in [6.45, 7) is 0.547. The second kappa shape index (κ2) is 6.91. The molecule has 0 aliphatic heterocycles. The molecule has 0 radical (unpaired) electrons. The fourth-order valence-electron chi connectivity index (χ4n) is 2.49. The highest BCUT2D eigenvalue weighted by atomic mass is 35.5. The van der Waals surface area contributed by atoms with Gasteiger partial charge >= 0.3 is 0 Å². The third kappa shape index (κ3) is 3.41. The highest BCUT2D eigenvalue weighted by Crippen LogP contribution is 2.31. The molecule has 1 aliphatic carbocycles. The molecule has 0 amide bonds. The molecule has 0 N–H and O–H groups in total. The summed E-state index contributed by atoms with van der Waals surface area (Å²) in [5.41, 5.74) is 1.70. The van der Waals surface area contributed by atoms with Gasteiger partial charge in [-0.15, -0.1) is 11.6 Å². The van der Waals surface area contributed by atoms with Crippen LogP contribution in [0.15, 0.2) is 29.8 Å². The summed E-state index contributed by atoms with van der Waals surface area (Å²) in [4.78, 5) is 12.3. The van der Waals surface area contributed by atoms with Gasteiger partial charge in [-0.1, -0.05) is 12.1 Å². The molecule has 0 bridgehead atoms. The van der Waals surface area contributed by atoms with Crippen LogP contribution in [0.3, 0.4) is 0 Å². The first-order valence-electron chi connectivity index (χ1n) is 6.68. The van der Waals surface area contributed by atoms with Crippen molar-refractivity contribution in [1.82, 2.24) is 0 Å². The van der Waals surface area contributed by atoms with Gasteiger partial charge in [0.05, 0.1) is 19.1 Å². The zero-order valence-corrected chi connectivity index (χ0v) is 12.5. The molecule has 2 unspecified atom stereocenters. The van der Waals surface area contributed by atoms with Gasteiger partial charge in [0.15, 0.2) is 5.78 Å². The Morgan fingerprint density at radius 2 is 2.15 bits per heavy atom. The maximum absolute atomic E-state index is 12.3. The molecule has 20 heavy (non-hydrogen) atoms. The zero-order valence-electron chi connectivity index (χ0n) is 11.8. The number of methoxy groups -OCH3 is 2. The number of benzene rings is 1. The minimum Gasteiger partial charge on any atom is -0.497 e. The van der Waals surface area contributed by atoms with Crippen LogP contribution in [0.5, 0.6) is 5.75 Å². The normalized spacial score (nSPS) is 24.9. The predicted octanol–water partition coefficient (Wildman–Crippen LogP) is 3.31. The first-order chi connectivity index (χ1) is 9.65. The Hall–Kier alpha value is -1.32. The quantitative estimate of drug-likeness (QED) is 0.631. The largest absolute Gasteiger partial charge is 0.497 e. The Labute approximate surface area is 124 Å². The number of hydrogen-bond donors (Lipinski definition) is 0. The lowest BCUT2D eigenvalue weighted by atomic mass is 9.82. The molecule has 1 saturated carbocycles. The van der Waals surface area contributed by atoms with Crippen molar-refractivity contribution in [2.24, 2.45) is 5.92 Å². The summed E-state index contributed by atoms with van der Waals surface area (Å²) in [6, 6.07) is 7.64. The van der Waals surface area contributed by atoms with E-state index < -0.39 is 5.38 Å². The highest BCUT2D eigenvalue weighted by Gasteiger charge is 2.31. The molecule has 1 aromatic rings. The minimum atomic E-state index is -0.417. The molecule has 0 aromatic heterocycles. The van der Waals surface area contributed by atoms with Crippen LogP contribution < -0.4 is 4.74 Å². The summed E-state index contributed by atoms with van der Waals surface area (Å²) >= 11 is 6.10. The molecule has 1 aliphatic rings. The lowest BCUT2D eigenvalue weighted by molar-refractivity contribution is -0.117. The number of alkyl halides is 1. The first-order valence-corrected chi connectivity index (χ1v) is 7.12. The van der Waals surface area contributed by atoms with Crippen molar-refractivity contribution in [1.29, 1.82) is 0 Å². The molecule has 108 valence electrons. The van der Waals surface area contributed by atoms with Crippen molar-refractivity contribution in [2.75, 3.05) is 20.8 Å². The van der Waals surface area contributed by atoms with Gasteiger partial charge in [0.1, 0.15) is 5.75 Å². The van der Waals surface area contributed by atoms with Gasteiger partial charge < -0.3 is 9.47 Å². The number of ether oxygens (including phenoxy) is 2.